The Balaban J connectivity index is 2.30. The first-order chi connectivity index (χ1) is 10.3. The van der Waals surface area contributed by atoms with E-state index in [1.807, 2.05) is 30.3 Å². The Hall–Kier alpha value is -2.73. The summed E-state index contributed by atoms with van der Waals surface area (Å²) in [5, 5.41) is 3.08. The first-order valence-corrected chi connectivity index (χ1v) is 6.36. The summed E-state index contributed by atoms with van der Waals surface area (Å²) in [4.78, 5) is 4.42. The highest BCUT2D eigenvalue weighted by Crippen LogP contribution is 2.31. The molecule has 0 saturated heterocycles. The van der Waals surface area contributed by atoms with Crippen LogP contribution in [0, 0.1) is 0 Å². The summed E-state index contributed by atoms with van der Waals surface area (Å²) in [6.45, 7) is 0. The number of aliphatic imine (C=N–C) groups is 1. The van der Waals surface area contributed by atoms with Crippen LogP contribution in [-0.4, -0.2) is 20.2 Å². The molecule has 6 heteroatoms. The van der Waals surface area contributed by atoms with Crippen LogP contribution in [0.1, 0.15) is 0 Å². The lowest BCUT2D eigenvalue weighted by Crippen LogP contribution is -2.35. The second-order valence-corrected chi connectivity index (χ2v) is 4.13. The van der Waals surface area contributed by atoms with Crippen LogP contribution in [0.5, 0.6) is 11.5 Å². The summed E-state index contributed by atoms with van der Waals surface area (Å²) in [5.74, 6) is 7.22. The molecular formula is C15H18N4O2. The number of benzene rings is 2. The van der Waals surface area contributed by atoms with E-state index in [1.54, 1.807) is 32.4 Å². The number of hydrazine groups is 1. The Morgan fingerprint density at radius 2 is 1.81 bits per heavy atom. The lowest BCUT2D eigenvalue weighted by molar-refractivity contribution is 0.404. The molecule has 110 valence electrons. The quantitative estimate of drug-likeness (QED) is 0.348. The fourth-order valence-corrected chi connectivity index (χ4v) is 1.76. The highest BCUT2D eigenvalue weighted by Gasteiger charge is 2.06. The average molecular weight is 286 g/mol. The summed E-state index contributed by atoms with van der Waals surface area (Å²) in [7, 11) is 3.18. The van der Waals surface area contributed by atoms with Gasteiger partial charge in [-0.3, -0.25) is 5.43 Å². The zero-order valence-corrected chi connectivity index (χ0v) is 12.0. The number of ether oxygens (including phenoxy) is 2. The Labute approximate surface area is 123 Å². The van der Waals surface area contributed by atoms with Crippen LogP contribution in [-0.2, 0) is 0 Å². The van der Waals surface area contributed by atoms with Crippen molar-refractivity contribution in [3.63, 3.8) is 0 Å². The molecule has 0 unspecified atom stereocenters. The third-order valence-corrected chi connectivity index (χ3v) is 2.79. The summed E-state index contributed by atoms with van der Waals surface area (Å²) in [6.07, 6.45) is 0. The van der Waals surface area contributed by atoms with Gasteiger partial charge in [-0.15, -0.1) is 0 Å². The molecular weight excluding hydrogens is 268 g/mol. The molecule has 0 spiro atoms. The number of hydrogen-bond donors (Lipinski definition) is 3. The number of guanidine groups is 1. The standard InChI is InChI=1S/C15H18N4O2/c1-20-12-8-9-14(21-2)13(10-12)18-15(19-16)17-11-6-4-3-5-7-11/h3-10H,16H2,1-2H3,(H2,17,18,19). The van der Waals surface area contributed by atoms with Gasteiger partial charge in [0.2, 0.25) is 5.96 Å². The minimum absolute atomic E-state index is 0.396. The number of nitrogens with zero attached hydrogens (tertiary/aromatic N) is 1. The molecule has 21 heavy (non-hydrogen) atoms. The van der Waals surface area contributed by atoms with Crippen LogP contribution >= 0.6 is 0 Å². The molecule has 0 bridgehead atoms. The maximum atomic E-state index is 5.52. The number of nitrogens with two attached hydrogens (primary N) is 1. The second kappa shape index (κ2) is 7.16. The van der Waals surface area contributed by atoms with Gasteiger partial charge in [0.15, 0.2) is 0 Å². The van der Waals surface area contributed by atoms with E-state index in [1.165, 1.54) is 0 Å². The zero-order valence-electron chi connectivity index (χ0n) is 12.0. The third kappa shape index (κ3) is 3.87. The molecule has 2 rings (SSSR count). The van der Waals surface area contributed by atoms with Crippen molar-refractivity contribution in [1.29, 1.82) is 0 Å². The largest absolute Gasteiger partial charge is 0.497 e. The Kier molecular flexibility index (Phi) is 5.00. The number of nitrogens with one attached hydrogen (secondary N) is 2. The van der Waals surface area contributed by atoms with Gasteiger partial charge in [-0.2, -0.15) is 0 Å². The van der Waals surface area contributed by atoms with Crippen molar-refractivity contribution < 1.29 is 9.47 Å². The molecule has 6 nitrogen and oxygen atoms in total. The van der Waals surface area contributed by atoms with Crippen LogP contribution in [0.4, 0.5) is 11.4 Å². The van der Waals surface area contributed by atoms with Gasteiger partial charge in [0.05, 0.1) is 14.2 Å². The molecule has 0 aromatic heterocycles. The predicted octanol–water partition coefficient (Wildman–Crippen LogP) is 2.27. The van der Waals surface area contributed by atoms with Gasteiger partial charge in [-0.05, 0) is 24.3 Å². The minimum Gasteiger partial charge on any atom is -0.497 e. The number of anilines is 1. The molecule has 2 aromatic carbocycles. The van der Waals surface area contributed by atoms with E-state index in [4.69, 9.17) is 15.3 Å². The molecule has 0 fully saturated rings. The van der Waals surface area contributed by atoms with E-state index in [2.05, 4.69) is 15.7 Å². The molecule has 0 atom stereocenters. The first-order valence-electron chi connectivity index (χ1n) is 6.36. The van der Waals surface area contributed by atoms with Gasteiger partial charge < -0.3 is 14.8 Å². The van der Waals surface area contributed by atoms with Crippen molar-refractivity contribution in [2.24, 2.45) is 10.8 Å². The summed E-state index contributed by atoms with van der Waals surface area (Å²) < 4.78 is 10.5. The van der Waals surface area contributed by atoms with E-state index in [9.17, 15) is 0 Å². The number of rotatable bonds is 4. The van der Waals surface area contributed by atoms with Gasteiger partial charge in [0.25, 0.3) is 0 Å². The molecule has 4 N–H and O–H groups in total. The minimum atomic E-state index is 0.396. The molecule has 2 aromatic rings. The van der Waals surface area contributed by atoms with E-state index in [0.29, 0.717) is 23.1 Å². The normalized spacial score (nSPS) is 10.9. The fraction of sp³-hybridized carbons (Fsp3) is 0.133. The van der Waals surface area contributed by atoms with Gasteiger partial charge in [-0.25, -0.2) is 10.8 Å². The van der Waals surface area contributed by atoms with Crippen LogP contribution in [0.25, 0.3) is 0 Å². The first kappa shape index (κ1) is 14.7. The van der Waals surface area contributed by atoms with Gasteiger partial charge in [-0.1, -0.05) is 18.2 Å². The molecule has 0 saturated carbocycles. The predicted molar refractivity (Wildman–Crippen MR) is 84.0 cm³/mol. The van der Waals surface area contributed by atoms with E-state index in [-0.39, 0.29) is 0 Å². The Morgan fingerprint density at radius 1 is 1.05 bits per heavy atom. The lowest BCUT2D eigenvalue weighted by atomic mass is 10.3. The van der Waals surface area contributed by atoms with Crippen LogP contribution in [0.15, 0.2) is 53.5 Å². The Bertz CT molecular complexity index is 614. The lowest BCUT2D eigenvalue weighted by Gasteiger charge is -2.11. The summed E-state index contributed by atoms with van der Waals surface area (Å²) >= 11 is 0. The highest BCUT2D eigenvalue weighted by molar-refractivity contribution is 5.95. The molecule has 0 radical (unpaired) electrons. The summed E-state index contributed by atoms with van der Waals surface area (Å²) in [5.41, 5.74) is 4.01. The number of methoxy groups -OCH3 is 2. The average Bonchev–Trinajstić information content (AvgIpc) is 2.55. The fourth-order valence-electron chi connectivity index (χ4n) is 1.76. The number of hydrogen-bond acceptors (Lipinski definition) is 4. The van der Waals surface area contributed by atoms with Crippen molar-refractivity contribution in [1.82, 2.24) is 5.43 Å². The van der Waals surface area contributed by atoms with Crippen molar-refractivity contribution in [3.05, 3.63) is 48.5 Å². The molecule has 0 amide bonds. The van der Waals surface area contributed by atoms with E-state index in [0.717, 1.165) is 5.69 Å². The summed E-state index contributed by atoms with van der Waals surface area (Å²) in [6, 6.07) is 15.0. The van der Waals surface area contributed by atoms with Gasteiger partial charge in [0, 0.05) is 11.8 Å². The zero-order chi connectivity index (χ0) is 15.1. The van der Waals surface area contributed by atoms with Crippen LogP contribution in [0.2, 0.25) is 0 Å². The van der Waals surface area contributed by atoms with Crippen molar-refractivity contribution in [2.75, 3.05) is 19.5 Å². The number of para-hydroxylation sites is 1. The van der Waals surface area contributed by atoms with E-state index < -0.39 is 0 Å². The second-order valence-electron chi connectivity index (χ2n) is 4.13. The third-order valence-electron chi connectivity index (χ3n) is 2.79. The van der Waals surface area contributed by atoms with Crippen LogP contribution < -0.4 is 26.1 Å². The van der Waals surface area contributed by atoms with Crippen molar-refractivity contribution in [2.45, 2.75) is 0 Å². The molecule has 0 aliphatic carbocycles. The van der Waals surface area contributed by atoms with E-state index >= 15 is 0 Å². The monoisotopic (exact) mass is 286 g/mol. The maximum Gasteiger partial charge on any atom is 0.215 e. The Morgan fingerprint density at radius 3 is 2.43 bits per heavy atom. The van der Waals surface area contributed by atoms with Gasteiger partial charge >= 0.3 is 0 Å². The molecule has 0 aliphatic heterocycles. The van der Waals surface area contributed by atoms with Gasteiger partial charge in [0.1, 0.15) is 17.2 Å². The molecule has 0 heterocycles. The van der Waals surface area contributed by atoms with Crippen molar-refractivity contribution in [3.8, 4) is 11.5 Å². The smallest absolute Gasteiger partial charge is 0.215 e. The molecule has 0 aliphatic rings. The SMILES string of the molecule is COc1ccc(OC)c(N=C(NN)Nc2ccccc2)c1. The maximum absolute atomic E-state index is 5.52. The van der Waals surface area contributed by atoms with Crippen LogP contribution in [0.3, 0.4) is 0 Å². The topological polar surface area (TPSA) is 80.9 Å². The highest BCUT2D eigenvalue weighted by atomic mass is 16.5. The van der Waals surface area contributed by atoms with Crippen molar-refractivity contribution >= 4 is 17.3 Å².